The number of halogens is 1. The average molecular weight is 413 g/mol. The van der Waals surface area contributed by atoms with E-state index in [4.69, 9.17) is 0 Å². The lowest BCUT2D eigenvalue weighted by Gasteiger charge is -2.10. The summed E-state index contributed by atoms with van der Waals surface area (Å²) in [6, 6.07) is 12.5. The predicted octanol–water partition coefficient (Wildman–Crippen LogP) is 4.70. The average Bonchev–Trinajstić information content (AvgIpc) is 3.28. The minimum absolute atomic E-state index is 0.0810. The maximum absolute atomic E-state index is 12.8. The number of aromatic nitrogens is 3. The highest BCUT2D eigenvalue weighted by atomic mass is 79.9. The number of amides is 1. The Labute approximate surface area is 161 Å². The topological polar surface area (TPSA) is 51.9 Å². The van der Waals surface area contributed by atoms with Gasteiger partial charge in [-0.15, -0.1) is 0 Å². The summed E-state index contributed by atoms with van der Waals surface area (Å²) in [5.41, 5.74) is 4.06. The fraction of sp³-hybridized carbons (Fsp3) is 0.300. The maximum atomic E-state index is 12.8. The third-order valence-electron chi connectivity index (χ3n) is 4.84. The van der Waals surface area contributed by atoms with Gasteiger partial charge in [0.2, 0.25) is 0 Å². The fourth-order valence-corrected chi connectivity index (χ4v) is 3.68. The standard InChI is InChI=1S/C20H21BrN4O/c1-13-11-18(14(2)25(13)17-7-8-17)20(26)23-19-9-10-22-24(19)12-15-3-5-16(21)6-4-15/h3-6,9-11,17H,7-8,12H2,1-2H3,(H,23,26). The summed E-state index contributed by atoms with van der Waals surface area (Å²) in [6.07, 6.45) is 4.12. The Morgan fingerprint density at radius 2 is 1.96 bits per heavy atom. The Bertz CT molecular complexity index is 951. The summed E-state index contributed by atoms with van der Waals surface area (Å²) in [5, 5.41) is 7.37. The second-order valence-electron chi connectivity index (χ2n) is 6.84. The molecule has 0 spiro atoms. The van der Waals surface area contributed by atoms with Gasteiger partial charge in [0, 0.05) is 28.0 Å². The second-order valence-corrected chi connectivity index (χ2v) is 7.76. The van der Waals surface area contributed by atoms with E-state index in [-0.39, 0.29) is 5.91 Å². The molecule has 0 radical (unpaired) electrons. The molecule has 4 rings (SSSR count). The van der Waals surface area contributed by atoms with Crippen LogP contribution < -0.4 is 5.32 Å². The van der Waals surface area contributed by atoms with E-state index in [1.165, 1.54) is 12.8 Å². The summed E-state index contributed by atoms with van der Waals surface area (Å²) in [7, 11) is 0. The molecule has 0 atom stereocenters. The Morgan fingerprint density at radius 1 is 1.23 bits per heavy atom. The van der Waals surface area contributed by atoms with Gasteiger partial charge in [0.1, 0.15) is 5.82 Å². The molecule has 1 aliphatic rings. The molecule has 1 amide bonds. The molecule has 0 unspecified atom stereocenters. The molecule has 1 N–H and O–H groups in total. The van der Waals surface area contributed by atoms with E-state index in [2.05, 4.69) is 37.8 Å². The predicted molar refractivity (Wildman–Crippen MR) is 106 cm³/mol. The molecule has 1 aromatic carbocycles. The molecule has 1 fully saturated rings. The number of hydrogen-bond donors (Lipinski definition) is 1. The Hall–Kier alpha value is -2.34. The van der Waals surface area contributed by atoms with Crippen LogP contribution in [0.5, 0.6) is 0 Å². The van der Waals surface area contributed by atoms with Gasteiger partial charge in [-0.2, -0.15) is 5.10 Å². The summed E-state index contributed by atoms with van der Waals surface area (Å²) < 4.78 is 5.14. The summed E-state index contributed by atoms with van der Waals surface area (Å²) in [5.74, 6) is 0.622. The molecule has 26 heavy (non-hydrogen) atoms. The first-order valence-corrected chi connectivity index (χ1v) is 9.58. The Morgan fingerprint density at radius 3 is 2.65 bits per heavy atom. The van der Waals surface area contributed by atoms with Gasteiger partial charge in [0.15, 0.2) is 0 Å². The minimum Gasteiger partial charge on any atom is -0.345 e. The van der Waals surface area contributed by atoms with Gasteiger partial charge >= 0.3 is 0 Å². The molecule has 0 aliphatic heterocycles. The van der Waals surface area contributed by atoms with Gasteiger partial charge in [-0.3, -0.25) is 4.79 Å². The quantitative estimate of drug-likeness (QED) is 0.659. The van der Waals surface area contributed by atoms with Crippen LogP contribution in [0.25, 0.3) is 0 Å². The normalized spacial score (nSPS) is 13.8. The molecule has 2 aromatic heterocycles. The van der Waals surface area contributed by atoms with Crippen LogP contribution in [0.2, 0.25) is 0 Å². The number of carbonyl (C=O) groups excluding carboxylic acids is 1. The molecule has 6 heteroatoms. The van der Waals surface area contributed by atoms with E-state index < -0.39 is 0 Å². The molecule has 5 nitrogen and oxygen atoms in total. The SMILES string of the molecule is Cc1cc(C(=O)Nc2ccnn2Cc2ccc(Br)cc2)c(C)n1C1CC1. The summed E-state index contributed by atoms with van der Waals surface area (Å²) in [6.45, 7) is 4.70. The molecule has 134 valence electrons. The first kappa shape index (κ1) is 17.1. The van der Waals surface area contributed by atoms with Crippen molar-refractivity contribution in [1.82, 2.24) is 14.3 Å². The lowest BCUT2D eigenvalue weighted by Crippen LogP contribution is -2.17. The molecular formula is C20H21BrN4O. The van der Waals surface area contributed by atoms with Crippen LogP contribution in [0.15, 0.2) is 47.1 Å². The lowest BCUT2D eigenvalue weighted by molar-refractivity contribution is 0.102. The van der Waals surface area contributed by atoms with Crippen molar-refractivity contribution < 1.29 is 4.79 Å². The van der Waals surface area contributed by atoms with Gasteiger partial charge in [0.25, 0.3) is 5.91 Å². The third-order valence-corrected chi connectivity index (χ3v) is 5.37. The second kappa shape index (κ2) is 6.76. The van der Waals surface area contributed by atoms with Gasteiger partial charge in [-0.1, -0.05) is 28.1 Å². The number of nitrogens with zero attached hydrogens (tertiary/aromatic N) is 3. The fourth-order valence-electron chi connectivity index (χ4n) is 3.41. The lowest BCUT2D eigenvalue weighted by atomic mass is 10.2. The zero-order chi connectivity index (χ0) is 18.3. The molecule has 2 heterocycles. The molecule has 1 saturated carbocycles. The summed E-state index contributed by atoms with van der Waals surface area (Å²) >= 11 is 3.44. The van der Waals surface area contributed by atoms with E-state index >= 15 is 0 Å². The number of rotatable bonds is 5. The number of anilines is 1. The highest BCUT2D eigenvalue weighted by Crippen LogP contribution is 2.38. The number of nitrogens with one attached hydrogen (secondary N) is 1. The zero-order valence-corrected chi connectivity index (χ0v) is 16.5. The third kappa shape index (κ3) is 3.33. The van der Waals surface area contributed by atoms with E-state index in [0.29, 0.717) is 18.4 Å². The Balaban J connectivity index is 1.53. The van der Waals surface area contributed by atoms with E-state index in [9.17, 15) is 4.79 Å². The van der Waals surface area contributed by atoms with Crippen molar-refractivity contribution >= 4 is 27.7 Å². The van der Waals surface area contributed by atoms with Crippen molar-refractivity contribution in [3.05, 3.63) is 69.6 Å². The van der Waals surface area contributed by atoms with E-state index in [1.807, 2.05) is 43.3 Å². The first-order chi connectivity index (χ1) is 12.5. The highest BCUT2D eigenvalue weighted by Gasteiger charge is 2.28. The summed E-state index contributed by atoms with van der Waals surface area (Å²) in [4.78, 5) is 12.8. The molecular weight excluding hydrogens is 392 g/mol. The van der Waals surface area contributed by atoms with Crippen LogP contribution in [0.1, 0.15) is 46.2 Å². The first-order valence-electron chi connectivity index (χ1n) is 8.79. The van der Waals surface area contributed by atoms with Crippen LogP contribution in [-0.2, 0) is 6.54 Å². The van der Waals surface area contributed by atoms with E-state index in [1.54, 1.807) is 10.9 Å². The van der Waals surface area contributed by atoms with Crippen LogP contribution in [0, 0.1) is 13.8 Å². The van der Waals surface area contributed by atoms with Crippen LogP contribution in [-0.4, -0.2) is 20.3 Å². The number of aryl methyl sites for hydroxylation is 1. The van der Waals surface area contributed by atoms with Crippen molar-refractivity contribution in [3.8, 4) is 0 Å². The van der Waals surface area contributed by atoms with Crippen LogP contribution in [0.4, 0.5) is 5.82 Å². The van der Waals surface area contributed by atoms with Crippen LogP contribution >= 0.6 is 15.9 Å². The largest absolute Gasteiger partial charge is 0.345 e. The number of hydrogen-bond acceptors (Lipinski definition) is 2. The zero-order valence-electron chi connectivity index (χ0n) is 14.9. The van der Waals surface area contributed by atoms with Crippen molar-refractivity contribution in [3.63, 3.8) is 0 Å². The van der Waals surface area contributed by atoms with E-state index in [0.717, 1.165) is 27.0 Å². The van der Waals surface area contributed by atoms with Crippen molar-refractivity contribution in [2.45, 2.75) is 39.3 Å². The number of carbonyl (C=O) groups is 1. The van der Waals surface area contributed by atoms with Gasteiger partial charge in [-0.25, -0.2) is 4.68 Å². The monoisotopic (exact) mass is 412 g/mol. The Kier molecular flexibility index (Phi) is 4.44. The maximum Gasteiger partial charge on any atom is 0.258 e. The van der Waals surface area contributed by atoms with Crippen molar-refractivity contribution in [2.75, 3.05) is 5.32 Å². The highest BCUT2D eigenvalue weighted by molar-refractivity contribution is 9.10. The molecule has 0 saturated heterocycles. The molecule has 0 bridgehead atoms. The smallest absolute Gasteiger partial charge is 0.258 e. The van der Waals surface area contributed by atoms with Crippen LogP contribution in [0.3, 0.4) is 0 Å². The molecule has 3 aromatic rings. The van der Waals surface area contributed by atoms with Gasteiger partial charge in [-0.05, 0) is 50.5 Å². The molecule has 1 aliphatic carbocycles. The van der Waals surface area contributed by atoms with Crippen molar-refractivity contribution in [2.24, 2.45) is 0 Å². The van der Waals surface area contributed by atoms with Crippen molar-refractivity contribution in [1.29, 1.82) is 0 Å². The minimum atomic E-state index is -0.0810. The number of benzene rings is 1. The van der Waals surface area contributed by atoms with Gasteiger partial charge in [0.05, 0.1) is 18.3 Å². The van der Waals surface area contributed by atoms with Gasteiger partial charge < -0.3 is 9.88 Å².